The first-order valence-corrected chi connectivity index (χ1v) is 7.95. The number of nitrogens with zero attached hydrogens (tertiary/aromatic N) is 2. The molecule has 0 saturated heterocycles. The fourth-order valence-electron chi connectivity index (χ4n) is 2.25. The van der Waals surface area contributed by atoms with Crippen LogP contribution in [0.3, 0.4) is 0 Å². The first kappa shape index (κ1) is 15.0. The molecule has 1 aromatic carbocycles. The van der Waals surface area contributed by atoms with Crippen LogP contribution in [0.5, 0.6) is 0 Å². The Hall–Kier alpha value is -1.39. The van der Waals surface area contributed by atoms with E-state index in [0.717, 1.165) is 34.2 Å². The molecule has 2 rings (SSSR count). The molecule has 0 spiro atoms. The largest absolute Gasteiger partial charge is 0.391 e. The van der Waals surface area contributed by atoms with Crippen molar-refractivity contribution in [3.8, 4) is 11.3 Å². The fourth-order valence-corrected chi connectivity index (χ4v) is 3.36. The summed E-state index contributed by atoms with van der Waals surface area (Å²) in [6.45, 7) is 7.52. The summed E-state index contributed by atoms with van der Waals surface area (Å²) in [6.07, 6.45) is 1.09. The average Bonchev–Trinajstić information content (AvgIpc) is 2.92. The number of anilines is 1. The summed E-state index contributed by atoms with van der Waals surface area (Å²) in [7, 11) is 0. The van der Waals surface area contributed by atoms with Gasteiger partial charge in [-0.2, -0.15) is 0 Å². The topological polar surface area (TPSA) is 36.4 Å². The normalized spacial score (nSPS) is 12.4. The molecule has 0 aliphatic rings. The van der Waals surface area contributed by atoms with Gasteiger partial charge in [0.05, 0.1) is 17.2 Å². The molecule has 20 heavy (non-hydrogen) atoms. The Morgan fingerprint density at radius 3 is 2.50 bits per heavy atom. The van der Waals surface area contributed by atoms with Crippen molar-refractivity contribution >= 4 is 16.5 Å². The lowest BCUT2D eigenvalue weighted by Gasteiger charge is -2.26. The minimum absolute atomic E-state index is 0.0416. The standard InChI is InChI=1S/C16H22N2OS/c1-4-12(3)18(5-2)16-17-15(14(11-19)20-16)13-9-7-6-8-10-13/h6-10,12,19H,4-5,11H2,1-3H3. The van der Waals surface area contributed by atoms with E-state index in [4.69, 9.17) is 4.98 Å². The zero-order valence-electron chi connectivity index (χ0n) is 12.3. The van der Waals surface area contributed by atoms with Gasteiger partial charge in [-0.05, 0) is 20.3 Å². The molecule has 2 aromatic rings. The number of thiazole rings is 1. The van der Waals surface area contributed by atoms with Crippen molar-refractivity contribution in [2.45, 2.75) is 39.8 Å². The van der Waals surface area contributed by atoms with E-state index in [1.165, 1.54) is 0 Å². The molecule has 1 N–H and O–H groups in total. The predicted molar refractivity (Wildman–Crippen MR) is 86.2 cm³/mol. The Bertz CT molecular complexity index is 539. The van der Waals surface area contributed by atoms with Gasteiger partial charge in [0.25, 0.3) is 0 Å². The number of hydrogen-bond acceptors (Lipinski definition) is 4. The van der Waals surface area contributed by atoms with Gasteiger partial charge in [-0.15, -0.1) is 0 Å². The number of aromatic nitrogens is 1. The highest BCUT2D eigenvalue weighted by Crippen LogP contribution is 2.34. The van der Waals surface area contributed by atoms with Gasteiger partial charge in [-0.25, -0.2) is 4.98 Å². The Morgan fingerprint density at radius 2 is 1.95 bits per heavy atom. The molecule has 3 nitrogen and oxygen atoms in total. The zero-order chi connectivity index (χ0) is 14.5. The van der Waals surface area contributed by atoms with E-state index in [1.54, 1.807) is 11.3 Å². The number of rotatable bonds is 6. The molecule has 108 valence electrons. The fraction of sp³-hybridized carbons (Fsp3) is 0.438. The number of hydrogen-bond donors (Lipinski definition) is 1. The Labute approximate surface area is 124 Å². The first-order valence-electron chi connectivity index (χ1n) is 7.13. The van der Waals surface area contributed by atoms with Crippen LogP contribution in [0.1, 0.15) is 32.1 Å². The molecular weight excluding hydrogens is 268 g/mol. The molecule has 4 heteroatoms. The van der Waals surface area contributed by atoms with E-state index in [9.17, 15) is 5.11 Å². The maximum Gasteiger partial charge on any atom is 0.186 e. The molecule has 1 unspecified atom stereocenters. The van der Waals surface area contributed by atoms with E-state index in [-0.39, 0.29) is 6.61 Å². The van der Waals surface area contributed by atoms with E-state index in [2.05, 4.69) is 25.7 Å². The molecule has 0 saturated carbocycles. The molecule has 0 radical (unpaired) electrons. The van der Waals surface area contributed by atoms with Crippen molar-refractivity contribution in [3.05, 3.63) is 35.2 Å². The summed E-state index contributed by atoms with van der Waals surface area (Å²) in [4.78, 5) is 8.02. The third kappa shape index (κ3) is 3.02. The zero-order valence-corrected chi connectivity index (χ0v) is 13.2. The Balaban J connectivity index is 2.41. The predicted octanol–water partition coefficient (Wildman–Crippen LogP) is 3.93. The highest BCUT2D eigenvalue weighted by molar-refractivity contribution is 7.16. The maximum absolute atomic E-state index is 9.60. The lowest BCUT2D eigenvalue weighted by atomic mass is 10.1. The van der Waals surface area contributed by atoms with Crippen LogP contribution in [0.2, 0.25) is 0 Å². The van der Waals surface area contributed by atoms with E-state index in [1.807, 2.05) is 30.3 Å². The van der Waals surface area contributed by atoms with Gasteiger partial charge in [0.1, 0.15) is 0 Å². The molecule has 1 atom stereocenters. The highest BCUT2D eigenvalue weighted by atomic mass is 32.1. The summed E-state index contributed by atoms with van der Waals surface area (Å²) in [6, 6.07) is 10.5. The minimum Gasteiger partial charge on any atom is -0.391 e. The van der Waals surface area contributed by atoms with Gasteiger partial charge in [0.2, 0.25) is 0 Å². The van der Waals surface area contributed by atoms with Gasteiger partial charge in [0, 0.05) is 18.2 Å². The lowest BCUT2D eigenvalue weighted by molar-refractivity contribution is 0.286. The van der Waals surface area contributed by atoms with Crippen LogP contribution in [0.15, 0.2) is 30.3 Å². The molecule has 0 aliphatic carbocycles. The SMILES string of the molecule is CCC(C)N(CC)c1nc(-c2ccccc2)c(CO)s1. The van der Waals surface area contributed by atoms with Crippen molar-refractivity contribution in [1.82, 2.24) is 4.98 Å². The number of benzene rings is 1. The van der Waals surface area contributed by atoms with Crippen LogP contribution in [-0.2, 0) is 6.61 Å². The first-order chi connectivity index (χ1) is 9.71. The van der Waals surface area contributed by atoms with Crippen LogP contribution < -0.4 is 4.90 Å². The van der Waals surface area contributed by atoms with Crippen LogP contribution in [0, 0.1) is 0 Å². The second-order valence-electron chi connectivity index (χ2n) is 4.84. The van der Waals surface area contributed by atoms with E-state index in [0.29, 0.717) is 6.04 Å². The molecule has 0 fully saturated rings. The van der Waals surface area contributed by atoms with Gasteiger partial charge < -0.3 is 10.0 Å². The third-order valence-corrected chi connectivity index (χ3v) is 4.66. The van der Waals surface area contributed by atoms with Gasteiger partial charge in [-0.1, -0.05) is 48.6 Å². The van der Waals surface area contributed by atoms with Crippen LogP contribution in [0.4, 0.5) is 5.13 Å². The molecule has 0 bridgehead atoms. The second kappa shape index (κ2) is 6.86. The Kier molecular flexibility index (Phi) is 5.15. The molecule has 0 amide bonds. The summed E-state index contributed by atoms with van der Waals surface area (Å²) < 4.78 is 0. The van der Waals surface area contributed by atoms with Crippen LogP contribution >= 0.6 is 11.3 Å². The third-order valence-electron chi connectivity index (χ3n) is 3.59. The van der Waals surface area contributed by atoms with Crippen LogP contribution in [-0.4, -0.2) is 22.7 Å². The summed E-state index contributed by atoms with van der Waals surface area (Å²) >= 11 is 1.60. The van der Waals surface area contributed by atoms with E-state index >= 15 is 0 Å². The van der Waals surface area contributed by atoms with Gasteiger partial charge >= 0.3 is 0 Å². The van der Waals surface area contributed by atoms with Crippen LogP contribution in [0.25, 0.3) is 11.3 Å². The molecule has 0 aliphatic heterocycles. The van der Waals surface area contributed by atoms with Gasteiger partial charge in [0.15, 0.2) is 5.13 Å². The number of aliphatic hydroxyl groups excluding tert-OH is 1. The van der Waals surface area contributed by atoms with Crippen molar-refractivity contribution in [3.63, 3.8) is 0 Å². The van der Waals surface area contributed by atoms with Crippen molar-refractivity contribution in [1.29, 1.82) is 0 Å². The van der Waals surface area contributed by atoms with E-state index < -0.39 is 0 Å². The summed E-state index contributed by atoms with van der Waals surface area (Å²) in [5.41, 5.74) is 1.98. The number of aliphatic hydroxyl groups is 1. The summed E-state index contributed by atoms with van der Waals surface area (Å²) in [5, 5.41) is 10.6. The molecule has 1 aromatic heterocycles. The van der Waals surface area contributed by atoms with Crippen molar-refractivity contribution < 1.29 is 5.11 Å². The minimum atomic E-state index is 0.0416. The highest BCUT2D eigenvalue weighted by Gasteiger charge is 2.19. The maximum atomic E-state index is 9.60. The van der Waals surface area contributed by atoms with Gasteiger partial charge in [-0.3, -0.25) is 0 Å². The average molecular weight is 290 g/mol. The Morgan fingerprint density at radius 1 is 1.25 bits per heavy atom. The summed E-state index contributed by atoms with van der Waals surface area (Å²) in [5.74, 6) is 0. The van der Waals surface area contributed by atoms with Crippen molar-refractivity contribution in [2.75, 3.05) is 11.4 Å². The monoisotopic (exact) mass is 290 g/mol. The second-order valence-corrected chi connectivity index (χ2v) is 5.90. The smallest absolute Gasteiger partial charge is 0.186 e. The molecule has 1 heterocycles. The lowest BCUT2D eigenvalue weighted by Crippen LogP contribution is -2.32. The van der Waals surface area contributed by atoms with Crippen molar-refractivity contribution in [2.24, 2.45) is 0 Å². The molecular formula is C16H22N2OS. The quantitative estimate of drug-likeness (QED) is 0.875.